The third-order valence-corrected chi connectivity index (χ3v) is 3.69. The van der Waals surface area contributed by atoms with Crippen LogP contribution in [0.1, 0.15) is 5.56 Å². The van der Waals surface area contributed by atoms with Gasteiger partial charge in [0.25, 0.3) is 0 Å². The normalized spacial score (nSPS) is 15.7. The predicted octanol–water partition coefficient (Wildman–Crippen LogP) is 0.986. The van der Waals surface area contributed by atoms with Gasteiger partial charge in [-0.25, -0.2) is 0 Å². The summed E-state index contributed by atoms with van der Waals surface area (Å²) in [5, 5.41) is 0. The van der Waals surface area contributed by atoms with Gasteiger partial charge in [-0.15, -0.1) is 0 Å². The minimum atomic E-state index is 0.606. The zero-order valence-corrected chi connectivity index (χ0v) is 12.8. The van der Waals surface area contributed by atoms with Crippen LogP contribution in [0, 0.1) is 0 Å². The highest BCUT2D eigenvalue weighted by Crippen LogP contribution is 2.38. The van der Waals surface area contributed by atoms with Gasteiger partial charge in [-0.2, -0.15) is 0 Å². The quantitative estimate of drug-likeness (QED) is 0.732. The van der Waals surface area contributed by atoms with Crippen LogP contribution >= 0.6 is 0 Å². The molecule has 0 bridgehead atoms. The van der Waals surface area contributed by atoms with Gasteiger partial charge in [0.1, 0.15) is 0 Å². The van der Waals surface area contributed by atoms with E-state index in [1.54, 1.807) is 26.2 Å². The molecule has 1 aliphatic rings. The second-order valence-corrected chi connectivity index (χ2v) is 4.95. The molecule has 1 amide bonds. The molecule has 116 valence electrons. The molecule has 21 heavy (non-hydrogen) atoms. The largest absolute Gasteiger partial charge is 0.493 e. The molecule has 0 radical (unpaired) electrons. The lowest BCUT2D eigenvalue weighted by Gasteiger charge is -2.32. The number of hydrogen-bond donors (Lipinski definition) is 0. The van der Waals surface area contributed by atoms with E-state index in [2.05, 4.69) is 4.90 Å². The standard InChI is InChI=1S/C15H22N2O4/c1-19-13-8-12(9-14(20-2)15(13)21-3)10-16-4-6-17(11-18)7-5-16/h8-9,11H,4-7,10H2,1-3H3. The van der Waals surface area contributed by atoms with Crippen molar-refractivity contribution in [3.63, 3.8) is 0 Å². The molecule has 0 spiro atoms. The summed E-state index contributed by atoms with van der Waals surface area (Å²) < 4.78 is 16.1. The average Bonchev–Trinajstić information content (AvgIpc) is 2.54. The summed E-state index contributed by atoms with van der Waals surface area (Å²) in [7, 11) is 4.83. The number of ether oxygens (including phenoxy) is 3. The first-order valence-corrected chi connectivity index (χ1v) is 6.92. The summed E-state index contributed by atoms with van der Waals surface area (Å²) in [6.45, 7) is 4.08. The average molecular weight is 294 g/mol. The fourth-order valence-electron chi connectivity index (χ4n) is 2.51. The molecule has 1 aromatic rings. The van der Waals surface area contributed by atoms with E-state index in [9.17, 15) is 4.79 Å². The first-order valence-electron chi connectivity index (χ1n) is 6.92. The van der Waals surface area contributed by atoms with Gasteiger partial charge in [0.15, 0.2) is 11.5 Å². The SMILES string of the molecule is COc1cc(CN2CCN(C=O)CC2)cc(OC)c1OC. The number of benzene rings is 1. The monoisotopic (exact) mass is 294 g/mol. The molecule has 0 saturated carbocycles. The van der Waals surface area contributed by atoms with E-state index < -0.39 is 0 Å². The van der Waals surface area contributed by atoms with E-state index in [-0.39, 0.29) is 0 Å². The first kappa shape index (κ1) is 15.4. The lowest BCUT2D eigenvalue weighted by Crippen LogP contribution is -2.45. The second-order valence-electron chi connectivity index (χ2n) is 4.95. The van der Waals surface area contributed by atoms with Crippen molar-refractivity contribution in [2.75, 3.05) is 47.5 Å². The molecule has 1 aliphatic heterocycles. The molecule has 0 aromatic heterocycles. The van der Waals surface area contributed by atoms with Crippen LogP contribution in [0.2, 0.25) is 0 Å². The van der Waals surface area contributed by atoms with Crippen LogP contribution in [0.25, 0.3) is 0 Å². The van der Waals surface area contributed by atoms with Crippen molar-refractivity contribution < 1.29 is 19.0 Å². The zero-order valence-electron chi connectivity index (χ0n) is 12.8. The molecule has 0 unspecified atom stereocenters. The van der Waals surface area contributed by atoms with Crippen molar-refractivity contribution >= 4 is 6.41 Å². The molecule has 0 aliphatic carbocycles. The fraction of sp³-hybridized carbons (Fsp3) is 0.533. The summed E-state index contributed by atoms with van der Waals surface area (Å²) in [5.74, 6) is 1.94. The Morgan fingerprint density at radius 1 is 1.00 bits per heavy atom. The van der Waals surface area contributed by atoms with Gasteiger partial charge in [-0.3, -0.25) is 9.69 Å². The van der Waals surface area contributed by atoms with E-state index in [1.165, 1.54) is 0 Å². The third kappa shape index (κ3) is 3.58. The molecule has 1 aromatic carbocycles. The number of nitrogens with zero attached hydrogens (tertiary/aromatic N) is 2. The van der Waals surface area contributed by atoms with Crippen LogP contribution in [0.3, 0.4) is 0 Å². The van der Waals surface area contributed by atoms with Crippen molar-refractivity contribution in [1.82, 2.24) is 9.80 Å². The van der Waals surface area contributed by atoms with Crippen LogP contribution in [-0.2, 0) is 11.3 Å². The summed E-state index contributed by atoms with van der Waals surface area (Å²) >= 11 is 0. The Labute approximate surface area is 125 Å². The molecule has 0 atom stereocenters. The number of carbonyl (C=O) groups is 1. The number of carbonyl (C=O) groups excluding carboxylic acids is 1. The number of rotatable bonds is 6. The van der Waals surface area contributed by atoms with Gasteiger partial charge in [-0.1, -0.05) is 0 Å². The Balaban J connectivity index is 2.11. The summed E-state index contributed by atoms with van der Waals surface area (Å²) in [5.41, 5.74) is 1.10. The van der Waals surface area contributed by atoms with Gasteiger partial charge in [0, 0.05) is 32.7 Å². The maximum absolute atomic E-state index is 10.7. The Kier molecular flexibility index (Phi) is 5.27. The second kappa shape index (κ2) is 7.17. The molecule has 2 rings (SSSR count). The maximum Gasteiger partial charge on any atom is 0.209 e. The minimum absolute atomic E-state index is 0.606. The molecule has 1 heterocycles. The lowest BCUT2D eigenvalue weighted by molar-refractivity contribution is -0.119. The number of amides is 1. The van der Waals surface area contributed by atoms with E-state index >= 15 is 0 Å². The molecule has 0 N–H and O–H groups in total. The van der Waals surface area contributed by atoms with Gasteiger partial charge >= 0.3 is 0 Å². The summed E-state index contributed by atoms with van der Waals surface area (Å²) in [6.07, 6.45) is 0.913. The minimum Gasteiger partial charge on any atom is -0.493 e. The van der Waals surface area contributed by atoms with Crippen molar-refractivity contribution in [1.29, 1.82) is 0 Å². The van der Waals surface area contributed by atoms with Gasteiger partial charge in [-0.05, 0) is 17.7 Å². The maximum atomic E-state index is 10.7. The van der Waals surface area contributed by atoms with E-state index in [0.717, 1.165) is 44.7 Å². The molecule has 1 saturated heterocycles. The van der Waals surface area contributed by atoms with Crippen molar-refractivity contribution in [2.45, 2.75) is 6.54 Å². The smallest absolute Gasteiger partial charge is 0.209 e. The Hall–Kier alpha value is -1.95. The highest BCUT2D eigenvalue weighted by atomic mass is 16.5. The molecule has 6 heteroatoms. The van der Waals surface area contributed by atoms with E-state index in [4.69, 9.17) is 14.2 Å². The predicted molar refractivity (Wildman–Crippen MR) is 79.0 cm³/mol. The first-order chi connectivity index (χ1) is 10.2. The zero-order chi connectivity index (χ0) is 15.2. The molecular weight excluding hydrogens is 272 g/mol. The fourth-order valence-corrected chi connectivity index (χ4v) is 2.51. The van der Waals surface area contributed by atoms with Gasteiger partial charge < -0.3 is 19.1 Å². The van der Waals surface area contributed by atoms with Crippen molar-refractivity contribution in [3.05, 3.63) is 17.7 Å². The number of methoxy groups -OCH3 is 3. The van der Waals surface area contributed by atoms with Crippen molar-refractivity contribution in [2.24, 2.45) is 0 Å². The van der Waals surface area contributed by atoms with E-state index in [0.29, 0.717) is 17.2 Å². The van der Waals surface area contributed by atoms with Crippen LogP contribution in [0.15, 0.2) is 12.1 Å². The Morgan fingerprint density at radius 2 is 1.57 bits per heavy atom. The molecule has 6 nitrogen and oxygen atoms in total. The third-order valence-electron chi connectivity index (χ3n) is 3.69. The number of hydrogen-bond acceptors (Lipinski definition) is 5. The van der Waals surface area contributed by atoms with Crippen LogP contribution in [0.4, 0.5) is 0 Å². The Morgan fingerprint density at radius 3 is 2.00 bits per heavy atom. The highest BCUT2D eigenvalue weighted by Gasteiger charge is 2.18. The summed E-state index contributed by atoms with van der Waals surface area (Å²) in [6, 6.07) is 3.93. The van der Waals surface area contributed by atoms with E-state index in [1.807, 2.05) is 12.1 Å². The molecular formula is C15H22N2O4. The highest BCUT2D eigenvalue weighted by molar-refractivity contribution is 5.53. The topological polar surface area (TPSA) is 51.2 Å². The van der Waals surface area contributed by atoms with Crippen LogP contribution in [-0.4, -0.2) is 63.7 Å². The van der Waals surface area contributed by atoms with Crippen LogP contribution in [0.5, 0.6) is 17.2 Å². The number of piperazine rings is 1. The van der Waals surface area contributed by atoms with Crippen molar-refractivity contribution in [3.8, 4) is 17.2 Å². The lowest BCUT2D eigenvalue weighted by atomic mass is 10.1. The molecule has 1 fully saturated rings. The Bertz CT molecular complexity index is 460. The van der Waals surface area contributed by atoms with Gasteiger partial charge in [0.05, 0.1) is 21.3 Å². The van der Waals surface area contributed by atoms with Gasteiger partial charge in [0.2, 0.25) is 12.2 Å². The van der Waals surface area contributed by atoms with Crippen LogP contribution < -0.4 is 14.2 Å². The summed E-state index contributed by atoms with van der Waals surface area (Å²) in [4.78, 5) is 14.8.